The summed E-state index contributed by atoms with van der Waals surface area (Å²) < 4.78 is 25.4. The fraction of sp³-hybridized carbons (Fsp3) is 0.176. The van der Waals surface area contributed by atoms with E-state index >= 15 is 0 Å². The van der Waals surface area contributed by atoms with Gasteiger partial charge in [0, 0.05) is 19.2 Å². The van der Waals surface area contributed by atoms with Crippen LogP contribution in [0.5, 0.6) is 0 Å². The zero-order chi connectivity index (χ0) is 18.4. The minimum Gasteiger partial charge on any atom is -0.465 e. The van der Waals surface area contributed by atoms with Crippen LogP contribution in [0.2, 0.25) is 0 Å². The molecule has 0 aliphatic carbocycles. The van der Waals surface area contributed by atoms with Crippen molar-refractivity contribution in [2.24, 2.45) is 0 Å². The maximum Gasteiger partial charge on any atom is 0.404 e. The lowest BCUT2D eigenvalue weighted by Gasteiger charge is -2.08. The average molecular weight is 362 g/mol. The molecule has 0 radical (unpaired) electrons. The lowest BCUT2D eigenvalue weighted by Crippen LogP contribution is -2.23. The van der Waals surface area contributed by atoms with Crippen LogP contribution in [0.3, 0.4) is 0 Å². The van der Waals surface area contributed by atoms with Crippen LogP contribution >= 0.6 is 0 Å². The largest absolute Gasteiger partial charge is 0.465 e. The van der Waals surface area contributed by atoms with Crippen LogP contribution in [0.4, 0.5) is 4.79 Å². The zero-order valence-corrected chi connectivity index (χ0v) is 14.3. The van der Waals surface area contributed by atoms with Gasteiger partial charge in [-0.2, -0.15) is 0 Å². The molecule has 8 heteroatoms. The third kappa shape index (κ3) is 4.57. The molecule has 0 atom stereocenters. The van der Waals surface area contributed by atoms with Gasteiger partial charge in [0.25, 0.3) is 5.91 Å². The minimum absolute atomic E-state index is 0.0360. The van der Waals surface area contributed by atoms with Crippen molar-refractivity contribution in [3.05, 3.63) is 59.7 Å². The molecule has 132 valence electrons. The van der Waals surface area contributed by atoms with Gasteiger partial charge in [-0.15, -0.1) is 0 Å². The van der Waals surface area contributed by atoms with E-state index in [9.17, 15) is 18.0 Å². The van der Waals surface area contributed by atoms with E-state index in [2.05, 4.69) is 10.6 Å². The highest BCUT2D eigenvalue weighted by atomic mass is 32.2. The van der Waals surface area contributed by atoms with Crippen LogP contribution in [0.1, 0.15) is 15.9 Å². The monoisotopic (exact) mass is 362 g/mol. The summed E-state index contributed by atoms with van der Waals surface area (Å²) in [7, 11) is -2.27. The van der Waals surface area contributed by atoms with Gasteiger partial charge in [-0.05, 0) is 42.3 Å². The normalized spacial score (nSPS) is 10.9. The first-order valence-corrected chi connectivity index (χ1v) is 8.96. The number of sulfone groups is 1. The highest BCUT2D eigenvalue weighted by Crippen LogP contribution is 2.22. The molecule has 0 saturated heterocycles. The van der Waals surface area contributed by atoms with Crippen molar-refractivity contribution in [3.63, 3.8) is 0 Å². The van der Waals surface area contributed by atoms with Crippen molar-refractivity contribution in [3.8, 4) is 0 Å². The summed E-state index contributed by atoms with van der Waals surface area (Å²) in [5.74, 6) is -0.363. The topological polar surface area (TPSA) is 113 Å². The average Bonchev–Trinajstić information content (AvgIpc) is 2.61. The number of benzene rings is 2. The predicted octanol–water partition coefficient (Wildman–Crippen LogP) is 1.69. The van der Waals surface area contributed by atoms with Crippen LogP contribution in [0.25, 0.3) is 0 Å². The quantitative estimate of drug-likeness (QED) is 0.724. The fourth-order valence-corrected chi connectivity index (χ4v) is 3.54. The predicted molar refractivity (Wildman–Crippen MR) is 91.5 cm³/mol. The Morgan fingerprint density at radius 1 is 1.04 bits per heavy atom. The molecule has 25 heavy (non-hydrogen) atoms. The summed E-state index contributed by atoms with van der Waals surface area (Å²) in [6.45, 7) is 0.246. The number of carboxylic acid groups (broad SMARTS) is 1. The molecule has 0 aliphatic rings. The highest BCUT2D eigenvalue weighted by molar-refractivity contribution is 7.91. The molecule has 0 heterocycles. The third-order valence-electron chi connectivity index (χ3n) is 3.56. The van der Waals surface area contributed by atoms with Crippen molar-refractivity contribution in [2.75, 3.05) is 13.6 Å². The maximum absolute atomic E-state index is 12.7. The van der Waals surface area contributed by atoms with Crippen LogP contribution in [-0.2, 0) is 16.3 Å². The molecule has 7 nitrogen and oxygen atoms in total. The second-order valence-electron chi connectivity index (χ2n) is 5.24. The molecule has 2 rings (SSSR count). The van der Waals surface area contributed by atoms with E-state index in [1.54, 1.807) is 12.1 Å². The fourth-order valence-electron chi connectivity index (χ4n) is 2.23. The molecule has 2 aromatic carbocycles. The van der Waals surface area contributed by atoms with Gasteiger partial charge in [0.15, 0.2) is 0 Å². The van der Waals surface area contributed by atoms with Crippen LogP contribution in [0.15, 0.2) is 58.3 Å². The second kappa shape index (κ2) is 7.80. The Morgan fingerprint density at radius 3 is 2.32 bits per heavy atom. The summed E-state index contributed by atoms with van der Waals surface area (Å²) >= 11 is 0. The molecule has 0 saturated carbocycles. The van der Waals surface area contributed by atoms with E-state index in [0.29, 0.717) is 6.42 Å². The Balaban J connectivity index is 2.22. The molecule has 0 unspecified atom stereocenters. The van der Waals surface area contributed by atoms with Gasteiger partial charge in [-0.25, -0.2) is 13.2 Å². The zero-order valence-electron chi connectivity index (χ0n) is 13.5. The smallest absolute Gasteiger partial charge is 0.404 e. The summed E-state index contributed by atoms with van der Waals surface area (Å²) in [5.41, 5.74) is 1.08. The lowest BCUT2D eigenvalue weighted by molar-refractivity contribution is 0.0963. The number of amides is 2. The van der Waals surface area contributed by atoms with Gasteiger partial charge in [0.05, 0.1) is 9.79 Å². The summed E-state index contributed by atoms with van der Waals surface area (Å²) in [6.07, 6.45) is -0.645. The number of hydrogen-bond donors (Lipinski definition) is 3. The van der Waals surface area contributed by atoms with Gasteiger partial charge in [0.1, 0.15) is 0 Å². The SMILES string of the molecule is CNC(=O)c1cccc(S(=O)(=O)c2ccc(CCNC(=O)O)cc2)c1. The van der Waals surface area contributed by atoms with E-state index in [0.717, 1.165) is 5.56 Å². The first-order chi connectivity index (χ1) is 11.8. The van der Waals surface area contributed by atoms with Crippen molar-refractivity contribution >= 4 is 21.8 Å². The van der Waals surface area contributed by atoms with Gasteiger partial charge in [-0.3, -0.25) is 4.79 Å². The van der Waals surface area contributed by atoms with Crippen LogP contribution in [0, 0.1) is 0 Å². The van der Waals surface area contributed by atoms with Crippen molar-refractivity contribution < 1.29 is 23.1 Å². The molecule has 0 bridgehead atoms. The van der Waals surface area contributed by atoms with E-state index in [4.69, 9.17) is 5.11 Å². The Kier molecular flexibility index (Phi) is 5.76. The molecular weight excluding hydrogens is 344 g/mol. The molecule has 2 aromatic rings. The number of nitrogens with one attached hydrogen (secondary N) is 2. The Hall–Kier alpha value is -2.87. The van der Waals surface area contributed by atoms with Crippen molar-refractivity contribution in [1.29, 1.82) is 0 Å². The van der Waals surface area contributed by atoms with Gasteiger partial charge < -0.3 is 15.7 Å². The second-order valence-corrected chi connectivity index (χ2v) is 7.19. The maximum atomic E-state index is 12.7. The van der Waals surface area contributed by atoms with Crippen LogP contribution in [-0.4, -0.2) is 39.1 Å². The van der Waals surface area contributed by atoms with E-state index in [-0.39, 0.29) is 27.8 Å². The third-order valence-corrected chi connectivity index (χ3v) is 5.32. The standard InChI is InChI=1S/C17H18N2O5S/c1-18-16(20)13-3-2-4-15(11-13)25(23,24)14-7-5-12(6-8-14)9-10-19-17(21)22/h2-8,11,19H,9-10H2,1H3,(H,18,20)(H,21,22). The lowest BCUT2D eigenvalue weighted by atomic mass is 10.1. The number of carbonyl (C=O) groups excluding carboxylic acids is 1. The Labute approximate surface area is 145 Å². The van der Waals surface area contributed by atoms with E-state index < -0.39 is 15.9 Å². The van der Waals surface area contributed by atoms with Gasteiger partial charge in [0.2, 0.25) is 9.84 Å². The molecule has 0 aliphatic heterocycles. The number of rotatable bonds is 6. The van der Waals surface area contributed by atoms with Crippen molar-refractivity contribution in [2.45, 2.75) is 16.2 Å². The summed E-state index contributed by atoms with van der Waals surface area (Å²) in [6, 6.07) is 12.0. The molecule has 0 aromatic heterocycles. The van der Waals surface area contributed by atoms with Gasteiger partial charge in [-0.1, -0.05) is 18.2 Å². The Bertz CT molecular complexity index is 876. The van der Waals surface area contributed by atoms with Gasteiger partial charge >= 0.3 is 6.09 Å². The molecule has 3 N–H and O–H groups in total. The summed E-state index contributed by atoms with van der Waals surface area (Å²) in [5, 5.41) is 13.2. The highest BCUT2D eigenvalue weighted by Gasteiger charge is 2.19. The Morgan fingerprint density at radius 2 is 1.72 bits per heavy atom. The summed E-state index contributed by atoms with van der Waals surface area (Å²) in [4.78, 5) is 22.2. The first-order valence-electron chi connectivity index (χ1n) is 7.47. The van der Waals surface area contributed by atoms with Crippen molar-refractivity contribution in [1.82, 2.24) is 10.6 Å². The molecule has 0 fully saturated rings. The molecule has 2 amide bonds. The van der Waals surface area contributed by atoms with Crippen LogP contribution < -0.4 is 10.6 Å². The minimum atomic E-state index is -3.74. The molecule has 0 spiro atoms. The van der Waals surface area contributed by atoms with E-state index in [1.165, 1.54) is 43.4 Å². The van der Waals surface area contributed by atoms with E-state index in [1.807, 2.05) is 0 Å². The number of hydrogen-bond acceptors (Lipinski definition) is 4. The molecular formula is C17H18N2O5S. The first kappa shape index (κ1) is 18.5. The number of carbonyl (C=O) groups is 2.